The van der Waals surface area contributed by atoms with E-state index in [0.29, 0.717) is 0 Å². The van der Waals surface area contributed by atoms with Gasteiger partial charge in [0.2, 0.25) is 0 Å². The summed E-state index contributed by atoms with van der Waals surface area (Å²) in [6.07, 6.45) is 0. The molecule has 56 valence electrons. The number of carbonyl (C=O) groups is 1. The minimum absolute atomic E-state index is 0.0597. The van der Waals surface area contributed by atoms with Crippen LogP contribution in [0.1, 0.15) is 21.8 Å². The third-order valence-corrected chi connectivity index (χ3v) is 2.10. The first-order chi connectivity index (χ1) is 5.34. The van der Waals surface area contributed by atoms with Gasteiger partial charge < -0.3 is 5.11 Å². The van der Waals surface area contributed by atoms with E-state index in [2.05, 4.69) is 0 Å². The van der Waals surface area contributed by atoms with E-state index in [-0.39, 0.29) is 18.3 Å². The number of aliphatic hydroxyl groups is 1. The van der Waals surface area contributed by atoms with Crippen molar-refractivity contribution in [3.05, 3.63) is 35.4 Å². The van der Waals surface area contributed by atoms with E-state index in [1.807, 2.05) is 18.2 Å². The van der Waals surface area contributed by atoms with Gasteiger partial charge >= 0.3 is 0 Å². The third kappa shape index (κ3) is 0.730. The van der Waals surface area contributed by atoms with Crippen molar-refractivity contribution in [1.29, 1.82) is 0 Å². The quantitative estimate of drug-likeness (QED) is 0.644. The number of hydrogen-bond acceptors (Lipinski definition) is 2. The van der Waals surface area contributed by atoms with Crippen LogP contribution in [0.3, 0.4) is 0 Å². The number of fused-ring (bicyclic) bond motifs is 1. The fraction of sp³-hybridized carbons (Fsp3) is 0.222. The van der Waals surface area contributed by atoms with Crippen molar-refractivity contribution >= 4 is 5.78 Å². The second-order valence-corrected chi connectivity index (χ2v) is 2.69. The first kappa shape index (κ1) is 6.55. The number of hydrogen-bond donors (Lipinski definition) is 1. The normalized spacial score (nSPS) is 20.8. The molecule has 0 radical (unpaired) electrons. The lowest BCUT2D eigenvalue weighted by Gasteiger charge is -2.25. The molecule has 0 bridgehead atoms. The molecule has 0 fully saturated rings. The van der Waals surface area contributed by atoms with Gasteiger partial charge in [0.15, 0.2) is 5.78 Å². The SMILES string of the molecule is O=C1c2ccccc2C1CO. The third-order valence-electron chi connectivity index (χ3n) is 2.10. The van der Waals surface area contributed by atoms with Gasteiger partial charge in [0, 0.05) is 5.56 Å². The van der Waals surface area contributed by atoms with E-state index < -0.39 is 0 Å². The summed E-state index contributed by atoms with van der Waals surface area (Å²) in [6, 6.07) is 7.40. The Hall–Kier alpha value is -1.15. The Morgan fingerprint density at radius 2 is 2.09 bits per heavy atom. The van der Waals surface area contributed by atoms with Crippen molar-refractivity contribution in [2.24, 2.45) is 0 Å². The molecule has 0 spiro atoms. The summed E-state index contributed by atoms with van der Waals surface area (Å²) in [5, 5.41) is 8.78. The van der Waals surface area contributed by atoms with Crippen molar-refractivity contribution in [1.82, 2.24) is 0 Å². The number of benzene rings is 1. The monoisotopic (exact) mass is 148 g/mol. The van der Waals surface area contributed by atoms with Gasteiger partial charge in [-0.1, -0.05) is 24.3 Å². The van der Waals surface area contributed by atoms with Gasteiger partial charge in [-0.2, -0.15) is 0 Å². The molecule has 0 heterocycles. The summed E-state index contributed by atoms with van der Waals surface area (Å²) in [5.41, 5.74) is 1.76. The highest BCUT2D eigenvalue weighted by Gasteiger charge is 2.34. The molecule has 2 rings (SSSR count). The van der Waals surface area contributed by atoms with Crippen molar-refractivity contribution in [2.45, 2.75) is 5.92 Å². The van der Waals surface area contributed by atoms with Gasteiger partial charge in [0.25, 0.3) is 0 Å². The Labute approximate surface area is 64.5 Å². The number of Topliss-reactive ketones (excluding diaryl/α,β-unsaturated/α-hetero) is 1. The maximum atomic E-state index is 11.1. The zero-order valence-electron chi connectivity index (χ0n) is 5.95. The highest BCUT2D eigenvalue weighted by Crippen LogP contribution is 2.33. The zero-order valence-corrected chi connectivity index (χ0v) is 5.95. The molecule has 1 aliphatic carbocycles. The lowest BCUT2D eigenvalue weighted by Crippen LogP contribution is -2.28. The summed E-state index contributed by atoms with van der Waals surface area (Å²) < 4.78 is 0. The van der Waals surface area contributed by atoms with E-state index in [1.165, 1.54) is 0 Å². The average molecular weight is 148 g/mol. The molecule has 1 aromatic rings. The molecule has 1 aliphatic rings. The van der Waals surface area contributed by atoms with Crippen LogP contribution in [0.2, 0.25) is 0 Å². The topological polar surface area (TPSA) is 37.3 Å². The van der Waals surface area contributed by atoms with Crippen molar-refractivity contribution < 1.29 is 9.90 Å². The molecule has 1 unspecified atom stereocenters. The Kier molecular flexibility index (Phi) is 1.29. The first-order valence-corrected chi connectivity index (χ1v) is 3.58. The number of aliphatic hydroxyl groups excluding tert-OH is 1. The van der Waals surface area contributed by atoms with Gasteiger partial charge in [0.05, 0.1) is 12.5 Å². The van der Waals surface area contributed by atoms with Gasteiger partial charge in [0.1, 0.15) is 0 Å². The van der Waals surface area contributed by atoms with Gasteiger partial charge in [-0.05, 0) is 5.56 Å². The van der Waals surface area contributed by atoms with Crippen LogP contribution in [-0.2, 0) is 0 Å². The highest BCUT2D eigenvalue weighted by molar-refractivity contribution is 6.10. The maximum absolute atomic E-state index is 11.1. The molecule has 1 atom stereocenters. The molecular weight excluding hydrogens is 140 g/mol. The van der Waals surface area contributed by atoms with E-state index in [1.54, 1.807) is 6.07 Å². The summed E-state index contributed by atoms with van der Waals surface area (Å²) in [4.78, 5) is 11.1. The first-order valence-electron chi connectivity index (χ1n) is 3.58. The van der Waals surface area contributed by atoms with Crippen molar-refractivity contribution in [2.75, 3.05) is 6.61 Å². The van der Waals surface area contributed by atoms with E-state index in [4.69, 9.17) is 5.11 Å². The second kappa shape index (κ2) is 2.17. The van der Waals surface area contributed by atoms with Gasteiger partial charge in [-0.3, -0.25) is 4.79 Å². The van der Waals surface area contributed by atoms with Crippen LogP contribution in [0.25, 0.3) is 0 Å². The molecule has 11 heavy (non-hydrogen) atoms. The van der Waals surface area contributed by atoms with E-state index >= 15 is 0 Å². The summed E-state index contributed by atoms with van der Waals surface area (Å²) in [5.74, 6) is -0.172. The number of rotatable bonds is 1. The smallest absolute Gasteiger partial charge is 0.172 e. The van der Waals surface area contributed by atoms with Crippen LogP contribution in [-0.4, -0.2) is 17.5 Å². The predicted molar refractivity (Wildman–Crippen MR) is 40.6 cm³/mol. The molecule has 0 saturated carbocycles. The Balaban J connectivity index is 2.47. The van der Waals surface area contributed by atoms with Gasteiger partial charge in [-0.25, -0.2) is 0 Å². The maximum Gasteiger partial charge on any atom is 0.172 e. The van der Waals surface area contributed by atoms with Crippen LogP contribution in [0.5, 0.6) is 0 Å². The molecule has 1 N–H and O–H groups in total. The predicted octanol–water partition coefficient (Wildman–Crippen LogP) is 0.959. The number of ketones is 1. The molecule has 2 nitrogen and oxygen atoms in total. The fourth-order valence-corrected chi connectivity index (χ4v) is 1.46. The number of carbonyl (C=O) groups excluding carboxylic acids is 1. The standard InChI is InChI=1S/C9H8O2/c10-5-8-6-3-1-2-4-7(6)9(8)11/h1-4,8,10H,5H2. The molecule has 0 aromatic heterocycles. The second-order valence-electron chi connectivity index (χ2n) is 2.69. The lowest BCUT2D eigenvalue weighted by molar-refractivity contribution is 0.0882. The zero-order chi connectivity index (χ0) is 7.84. The lowest BCUT2D eigenvalue weighted by atomic mass is 9.77. The van der Waals surface area contributed by atoms with Crippen molar-refractivity contribution in [3.8, 4) is 0 Å². The van der Waals surface area contributed by atoms with Crippen LogP contribution in [0.15, 0.2) is 24.3 Å². The Morgan fingerprint density at radius 3 is 2.82 bits per heavy atom. The average Bonchev–Trinajstić information content (AvgIpc) is 2.05. The summed E-state index contributed by atoms with van der Waals surface area (Å²) in [7, 11) is 0. The Morgan fingerprint density at radius 1 is 1.36 bits per heavy atom. The summed E-state index contributed by atoms with van der Waals surface area (Å²) in [6.45, 7) is -0.0597. The fourth-order valence-electron chi connectivity index (χ4n) is 1.46. The largest absolute Gasteiger partial charge is 0.395 e. The minimum Gasteiger partial charge on any atom is -0.395 e. The highest BCUT2D eigenvalue weighted by atomic mass is 16.3. The van der Waals surface area contributed by atoms with E-state index in [0.717, 1.165) is 11.1 Å². The van der Waals surface area contributed by atoms with Crippen LogP contribution >= 0.6 is 0 Å². The minimum atomic E-state index is -0.244. The van der Waals surface area contributed by atoms with Crippen LogP contribution < -0.4 is 0 Å². The van der Waals surface area contributed by atoms with Crippen LogP contribution in [0.4, 0.5) is 0 Å². The molecule has 1 aromatic carbocycles. The molecule has 0 amide bonds. The van der Waals surface area contributed by atoms with Crippen molar-refractivity contribution in [3.63, 3.8) is 0 Å². The van der Waals surface area contributed by atoms with Crippen LogP contribution in [0, 0.1) is 0 Å². The molecule has 2 heteroatoms. The molecular formula is C9H8O2. The molecule has 0 saturated heterocycles. The summed E-state index contributed by atoms with van der Waals surface area (Å²) >= 11 is 0. The molecule has 0 aliphatic heterocycles. The van der Waals surface area contributed by atoms with E-state index in [9.17, 15) is 4.79 Å². The van der Waals surface area contributed by atoms with Gasteiger partial charge in [-0.15, -0.1) is 0 Å². The Bertz CT molecular complexity index is 304.